The van der Waals surface area contributed by atoms with Gasteiger partial charge in [-0.25, -0.2) is 42.9 Å². The Labute approximate surface area is 352 Å². The molecule has 0 bridgehead atoms. The van der Waals surface area contributed by atoms with Gasteiger partial charge in [-0.3, -0.25) is 19.8 Å². The number of carbonyl (C=O) groups is 2. The summed E-state index contributed by atoms with van der Waals surface area (Å²) in [5, 5.41) is 10.6. The summed E-state index contributed by atoms with van der Waals surface area (Å²) in [5.41, 5.74) is 2.98. The molecule has 3 fully saturated rings. The van der Waals surface area contributed by atoms with Crippen LogP contribution in [0.15, 0.2) is 67.1 Å². The maximum atomic E-state index is 16.0. The van der Waals surface area contributed by atoms with Crippen LogP contribution in [-0.4, -0.2) is 95.9 Å². The lowest BCUT2D eigenvalue weighted by Crippen LogP contribution is -2.49. The zero-order valence-corrected chi connectivity index (χ0v) is 35.2. The summed E-state index contributed by atoms with van der Waals surface area (Å²) in [7, 11) is -4.02. The van der Waals surface area contributed by atoms with Gasteiger partial charge in [-0.2, -0.15) is 0 Å². The van der Waals surface area contributed by atoms with Crippen molar-refractivity contribution >= 4 is 56.4 Å². The first-order valence-corrected chi connectivity index (χ1v) is 22.7. The maximum Gasteiger partial charge on any atom is 0.234 e. The quantitative estimate of drug-likeness (QED) is 0.133. The van der Waals surface area contributed by atoms with Crippen molar-refractivity contribution in [2.75, 3.05) is 60.9 Å². The fourth-order valence-electron chi connectivity index (χ4n) is 8.40. The van der Waals surface area contributed by atoms with E-state index < -0.39 is 21.1 Å². The molecule has 5 aromatic rings. The number of pyridine rings is 2. The number of thiazole rings is 1. The number of anilines is 4. The van der Waals surface area contributed by atoms with Crippen LogP contribution in [0.25, 0.3) is 21.8 Å². The molecule has 0 saturated carbocycles. The third kappa shape index (κ3) is 9.16. The van der Waals surface area contributed by atoms with Crippen molar-refractivity contribution in [2.24, 2.45) is 11.1 Å². The van der Waals surface area contributed by atoms with Gasteiger partial charge in [-0.15, -0.1) is 11.3 Å². The summed E-state index contributed by atoms with van der Waals surface area (Å²) in [6.07, 6.45) is 8.47. The monoisotopic (exact) mass is 853 g/mol. The van der Waals surface area contributed by atoms with Crippen molar-refractivity contribution < 1.29 is 22.4 Å². The highest BCUT2D eigenvalue weighted by Crippen LogP contribution is 2.40. The van der Waals surface area contributed by atoms with E-state index in [9.17, 15) is 18.0 Å². The van der Waals surface area contributed by atoms with Gasteiger partial charge in [0.05, 0.1) is 39.1 Å². The van der Waals surface area contributed by atoms with Crippen molar-refractivity contribution in [2.45, 2.75) is 57.1 Å². The van der Waals surface area contributed by atoms with Crippen molar-refractivity contribution in [1.29, 1.82) is 0 Å². The highest BCUT2D eigenvalue weighted by molar-refractivity contribution is 7.89. The number of hydrogen-bond acceptors (Lipinski definition) is 14. The number of piperidine rings is 2. The Bertz CT molecular complexity index is 2450. The van der Waals surface area contributed by atoms with Crippen LogP contribution in [0.4, 0.5) is 27.7 Å². The molecule has 3 aliphatic heterocycles. The number of sulfonamides is 1. The first kappa shape index (κ1) is 41.3. The third-order valence-corrected chi connectivity index (χ3v) is 14.0. The van der Waals surface area contributed by atoms with E-state index in [1.807, 2.05) is 37.4 Å². The van der Waals surface area contributed by atoms with Crippen molar-refractivity contribution in [1.82, 2.24) is 35.1 Å². The number of nitrogens with zero attached hydrogens (tertiary/aromatic N) is 8. The van der Waals surface area contributed by atoms with Gasteiger partial charge >= 0.3 is 0 Å². The van der Waals surface area contributed by atoms with Gasteiger partial charge < -0.3 is 15.1 Å². The van der Waals surface area contributed by atoms with Crippen LogP contribution in [0.2, 0.25) is 0 Å². The molecule has 4 N–H and O–H groups in total. The van der Waals surface area contributed by atoms with Crippen LogP contribution in [-0.2, 0) is 19.6 Å². The molecule has 7 heterocycles. The lowest BCUT2D eigenvalue weighted by atomic mass is 9.91. The molecule has 314 valence electrons. The van der Waals surface area contributed by atoms with Gasteiger partial charge in [-0.05, 0) is 74.4 Å². The molecule has 18 heteroatoms. The van der Waals surface area contributed by atoms with Crippen LogP contribution >= 0.6 is 11.3 Å². The summed E-state index contributed by atoms with van der Waals surface area (Å²) >= 11 is 1.36. The second-order valence-electron chi connectivity index (χ2n) is 15.6. The zero-order chi connectivity index (χ0) is 42.0. The Morgan fingerprint density at radius 2 is 1.73 bits per heavy atom. The SMILES string of the molecule is CCC(c1cccc(-c2nc(C)sc2-c2ccnc(Nc3ccc(N4CCN(CC5CCN(c6ccc(C7CCC(=O)NC7=O)cn6)CC5)CC4)cn3)n2)c1F)S(N)(=O)=O. The number of imide groups is 1. The number of primary sulfonamides is 1. The number of benzene rings is 1. The topological polar surface area (TPSA) is 193 Å². The molecule has 3 saturated heterocycles. The summed E-state index contributed by atoms with van der Waals surface area (Å²) in [5.74, 6) is 1.01. The highest BCUT2D eigenvalue weighted by Gasteiger charge is 2.30. The molecule has 0 spiro atoms. The summed E-state index contributed by atoms with van der Waals surface area (Å²) in [6, 6.07) is 14.3. The Morgan fingerprint density at radius 3 is 2.42 bits per heavy atom. The maximum absolute atomic E-state index is 16.0. The molecule has 1 aromatic carbocycles. The Hall–Kier alpha value is -5.43. The van der Waals surface area contributed by atoms with E-state index in [0.29, 0.717) is 51.8 Å². The smallest absolute Gasteiger partial charge is 0.234 e. The fraction of sp³-hybridized carbons (Fsp3) is 0.405. The molecule has 15 nitrogen and oxygen atoms in total. The molecular formula is C42H48FN11O4S2. The van der Waals surface area contributed by atoms with E-state index in [4.69, 9.17) is 10.1 Å². The number of nitrogens with two attached hydrogens (primary N) is 1. The van der Waals surface area contributed by atoms with E-state index in [0.717, 1.165) is 75.7 Å². The Morgan fingerprint density at radius 1 is 0.933 bits per heavy atom. The van der Waals surface area contributed by atoms with Crippen LogP contribution in [0.3, 0.4) is 0 Å². The Balaban J connectivity index is 0.832. The molecule has 3 aliphatic rings. The summed E-state index contributed by atoms with van der Waals surface area (Å²) in [6.45, 7) is 10.2. The number of aromatic nitrogens is 5. The van der Waals surface area contributed by atoms with Crippen LogP contribution < -0.4 is 25.6 Å². The number of amides is 2. The lowest BCUT2D eigenvalue weighted by molar-refractivity contribution is -0.134. The third-order valence-electron chi connectivity index (χ3n) is 11.6. The second kappa shape index (κ2) is 17.7. The van der Waals surface area contributed by atoms with Gasteiger partial charge in [0.15, 0.2) is 0 Å². The largest absolute Gasteiger partial charge is 0.368 e. The minimum absolute atomic E-state index is 0.0108. The standard InChI is InChI=1S/C42H48FN11O4S2/c1-3-34(60(44,57)58)31-5-4-6-32(38(31)43)39-40(59-26(2)48-39)33-13-16-45-42(49-33)50-35-10-8-29(24-46-35)53-21-19-52(20-22-53)25-27-14-17-54(18-15-27)36-11-7-28(23-47-36)30-9-12-37(55)51-41(30)56/h4-8,10-11,13,16,23-24,27,30,34H,3,9,12,14-15,17-22,25H2,1-2H3,(H2,44,57,58)(H,51,55,56)(H,45,46,49,50). The van der Waals surface area contributed by atoms with E-state index in [2.05, 4.69) is 45.3 Å². The van der Waals surface area contributed by atoms with E-state index >= 15 is 4.39 Å². The van der Waals surface area contributed by atoms with Crippen LogP contribution in [0.1, 0.15) is 66.3 Å². The van der Waals surface area contributed by atoms with Crippen molar-refractivity contribution in [3.8, 4) is 21.8 Å². The Kier molecular flexibility index (Phi) is 12.2. The number of halogens is 1. The summed E-state index contributed by atoms with van der Waals surface area (Å²) < 4.78 is 40.5. The first-order chi connectivity index (χ1) is 28.9. The second-order valence-corrected chi connectivity index (χ2v) is 18.5. The van der Waals surface area contributed by atoms with Gasteiger partial charge in [-0.1, -0.05) is 25.1 Å². The van der Waals surface area contributed by atoms with Crippen molar-refractivity contribution in [3.63, 3.8) is 0 Å². The molecular weight excluding hydrogens is 806 g/mol. The van der Waals surface area contributed by atoms with Gasteiger partial charge in [0.1, 0.15) is 22.7 Å². The molecule has 60 heavy (non-hydrogen) atoms. The minimum Gasteiger partial charge on any atom is -0.368 e. The minimum atomic E-state index is -4.02. The predicted octanol–water partition coefficient (Wildman–Crippen LogP) is 5.55. The average molecular weight is 854 g/mol. The highest BCUT2D eigenvalue weighted by atomic mass is 32.2. The average Bonchev–Trinajstić information content (AvgIpc) is 3.63. The molecule has 0 radical (unpaired) electrons. The number of nitrogens with one attached hydrogen (secondary N) is 2. The van der Waals surface area contributed by atoms with Gasteiger partial charge in [0.25, 0.3) is 0 Å². The molecule has 4 aromatic heterocycles. The van der Waals surface area contributed by atoms with Gasteiger partial charge in [0, 0.05) is 75.8 Å². The fourth-order valence-corrected chi connectivity index (χ4v) is 10.3. The molecule has 8 rings (SSSR count). The first-order valence-electron chi connectivity index (χ1n) is 20.3. The number of piperazine rings is 1. The molecule has 2 unspecified atom stereocenters. The van der Waals surface area contributed by atoms with E-state index in [1.165, 1.54) is 17.4 Å². The molecule has 2 atom stereocenters. The number of rotatable bonds is 12. The van der Waals surface area contributed by atoms with E-state index in [-0.39, 0.29) is 35.3 Å². The predicted molar refractivity (Wildman–Crippen MR) is 230 cm³/mol. The number of carbonyl (C=O) groups excluding carboxylic acids is 2. The summed E-state index contributed by atoms with van der Waals surface area (Å²) in [4.78, 5) is 54.7. The number of hydrogen-bond donors (Lipinski definition) is 3. The lowest BCUT2D eigenvalue weighted by Gasteiger charge is -2.39. The van der Waals surface area contributed by atoms with Gasteiger partial charge in [0.2, 0.25) is 27.8 Å². The molecule has 2 amide bonds. The van der Waals surface area contributed by atoms with E-state index in [1.54, 1.807) is 37.5 Å². The molecule has 0 aliphatic carbocycles. The number of aryl methyl sites for hydroxylation is 1. The van der Waals surface area contributed by atoms with Crippen molar-refractivity contribution in [3.05, 3.63) is 89.1 Å². The zero-order valence-electron chi connectivity index (χ0n) is 33.6. The normalized spacial score (nSPS) is 18.7. The van der Waals surface area contributed by atoms with Crippen LogP contribution in [0.5, 0.6) is 0 Å². The van der Waals surface area contributed by atoms with Crippen LogP contribution in [0, 0.1) is 18.7 Å².